The molecule has 128 valence electrons. The average Bonchev–Trinajstić information content (AvgIpc) is 2.60. The monoisotopic (exact) mass is 349 g/mol. The van der Waals surface area contributed by atoms with Crippen molar-refractivity contribution in [2.75, 3.05) is 19.8 Å². The number of hydrogen-bond donors (Lipinski definition) is 2. The quantitative estimate of drug-likeness (QED) is 0.801. The van der Waals surface area contributed by atoms with E-state index in [-0.39, 0.29) is 12.2 Å². The van der Waals surface area contributed by atoms with Crippen molar-refractivity contribution < 1.29 is 19.4 Å². The molecule has 6 heteroatoms. The third-order valence-corrected chi connectivity index (χ3v) is 4.53. The molecule has 1 fully saturated rings. The zero-order valence-electron chi connectivity index (χ0n) is 13.2. The van der Waals surface area contributed by atoms with Gasteiger partial charge in [0.15, 0.2) is 6.29 Å². The van der Waals surface area contributed by atoms with Crippen LogP contribution in [0.15, 0.2) is 36.4 Å². The normalized spacial score (nSPS) is 20.9. The van der Waals surface area contributed by atoms with Gasteiger partial charge in [0.25, 0.3) is 0 Å². The minimum atomic E-state index is -1.00. The number of ether oxygens (including phenoxy) is 2. The SMILES string of the molecule is O=C(O)NCCC[C@H]1OC[C@H](c2ccc(Cl)c3ccccc32)CO1. The van der Waals surface area contributed by atoms with Gasteiger partial charge in [-0.2, -0.15) is 0 Å². The summed E-state index contributed by atoms with van der Waals surface area (Å²) in [6.07, 6.45) is 0.0884. The van der Waals surface area contributed by atoms with Gasteiger partial charge in [0.05, 0.1) is 13.2 Å². The first kappa shape index (κ1) is 17.0. The highest BCUT2D eigenvalue weighted by Crippen LogP contribution is 2.33. The Morgan fingerprint density at radius 1 is 1.17 bits per heavy atom. The fourth-order valence-electron chi connectivity index (χ4n) is 3.00. The summed E-state index contributed by atoms with van der Waals surface area (Å²) in [5.74, 6) is 0.167. The first-order valence-corrected chi connectivity index (χ1v) is 8.40. The largest absolute Gasteiger partial charge is 0.465 e. The van der Waals surface area contributed by atoms with Gasteiger partial charge in [-0.05, 0) is 23.4 Å². The summed E-state index contributed by atoms with van der Waals surface area (Å²) in [5, 5.41) is 13.8. The lowest BCUT2D eigenvalue weighted by Crippen LogP contribution is -2.32. The molecular formula is C18H20ClNO4. The number of amides is 1. The molecule has 1 amide bonds. The van der Waals surface area contributed by atoms with Crippen LogP contribution in [0.3, 0.4) is 0 Å². The second kappa shape index (κ2) is 7.83. The maximum Gasteiger partial charge on any atom is 0.404 e. The number of hydrogen-bond acceptors (Lipinski definition) is 3. The third-order valence-electron chi connectivity index (χ3n) is 4.20. The number of carboxylic acid groups (broad SMARTS) is 1. The van der Waals surface area contributed by atoms with Crippen LogP contribution >= 0.6 is 11.6 Å². The van der Waals surface area contributed by atoms with E-state index >= 15 is 0 Å². The maximum atomic E-state index is 10.4. The van der Waals surface area contributed by atoms with Gasteiger partial charge >= 0.3 is 6.09 Å². The van der Waals surface area contributed by atoms with Gasteiger partial charge < -0.3 is 19.9 Å². The Morgan fingerprint density at radius 3 is 2.58 bits per heavy atom. The lowest BCUT2D eigenvalue weighted by Gasteiger charge is -2.30. The maximum absolute atomic E-state index is 10.4. The summed E-state index contributed by atoms with van der Waals surface area (Å²) in [4.78, 5) is 10.4. The summed E-state index contributed by atoms with van der Waals surface area (Å²) in [5.41, 5.74) is 1.18. The van der Waals surface area contributed by atoms with Crippen LogP contribution in [0, 0.1) is 0 Å². The number of rotatable bonds is 5. The lowest BCUT2D eigenvalue weighted by atomic mass is 9.94. The predicted molar refractivity (Wildman–Crippen MR) is 92.7 cm³/mol. The van der Waals surface area contributed by atoms with Crippen molar-refractivity contribution in [1.82, 2.24) is 5.32 Å². The van der Waals surface area contributed by atoms with E-state index in [0.717, 1.165) is 15.8 Å². The smallest absolute Gasteiger partial charge is 0.404 e. The zero-order chi connectivity index (χ0) is 16.9. The van der Waals surface area contributed by atoms with Crippen LogP contribution in [0.2, 0.25) is 5.02 Å². The van der Waals surface area contributed by atoms with Crippen molar-refractivity contribution in [2.45, 2.75) is 25.0 Å². The van der Waals surface area contributed by atoms with Crippen molar-refractivity contribution in [1.29, 1.82) is 0 Å². The Hall–Kier alpha value is -1.82. The van der Waals surface area contributed by atoms with Crippen molar-refractivity contribution in [3.63, 3.8) is 0 Å². The van der Waals surface area contributed by atoms with E-state index in [9.17, 15) is 4.79 Å². The highest BCUT2D eigenvalue weighted by Gasteiger charge is 2.24. The van der Waals surface area contributed by atoms with E-state index in [0.29, 0.717) is 32.6 Å². The Morgan fingerprint density at radius 2 is 1.88 bits per heavy atom. The standard InChI is InChI=1S/C18H20ClNO4/c19-16-8-7-13(14-4-1-2-5-15(14)16)12-10-23-17(24-11-12)6-3-9-20-18(21)22/h1-2,4-5,7-8,12,17,20H,3,6,9-11H2,(H,21,22)/t12-,17-. The van der Waals surface area contributed by atoms with Crippen LogP contribution in [0.5, 0.6) is 0 Å². The highest BCUT2D eigenvalue weighted by atomic mass is 35.5. The number of fused-ring (bicyclic) bond motifs is 1. The van der Waals surface area contributed by atoms with E-state index in [1.165, 1.54) is 5.56 Å². The van der Waals surface area contributed by atoms with Gasteiger partial charge in [0, 0.05) is 29.3 Å². The second-order valence-corrected chi connectivity index (χ2v) is 6.26. The highest BCUT2D eigenvalue weighted by molar-refractivity contribution is 6.35. The molecule has 2 N–H and O–H groups in total. The van der Waals surface area contributed by atoms with E-state index in [4.69, 9.17) is 26.2 Å². The molecule has 0 bridgehead atoms. The number of benzene rings is 2. The van der Waals surface area contributed by atoms with Gasteiger partial charge in [0.1, 0.15) is 0 Å². The van der Waals surface area contributed by atoms with Crippen LogP contribution in [0.1, 0.15) is 24.3 Å². The number of nitrogens with one attached hydrogen (secondary N) is 1. The van der Waals surface area contributed by atoms with Gasteiger partial charge in [-0.3, -0.25) is 0 Å². The Bertz CT molecular complexity index is 713. The van der Waals surface area contributed by atoms with Gasteiger partial charge in [-0.1, -0.05) is 41.9 Å². The Balaban J connectivity index is 1.59. The molecule has 0 unspecified atom stereocenters. The molecule has 24 heavy (non-hydrogen) atoms. The van der Waals surface area contributed by atoms with Crippen molar-refractivity contribution in [2.24, 2.45) is 0 Å². The van der Waals surface area contributed by atoms with Crippen LogP contribution < -0.4 is 5.32 Å². The molecule has 0 atom stereocenters. The molecule has 0 radical (unpaired) electrons. The fourth-order valence-corrected chi connectivity index (χ4v) is 3.22. The fraction of sp³-hybridized carbons (Fsp3) is 0.389. The van der Waals surface area contributed by atoms with E-state index in [2.05, 4.69) is 11.4 Å². The summed E-state index contributed by atoms with van der Waals surface area (Å²) in [6.45, 7) is 1.58. The van der Waals surface area contributed by atoms with Crippen molar-refractivity contribution in [3.8, 4) is 0 Å². The number of carbonyl (C=O) groups is 1. The molecule has 0 aromatic heterocycles. The predicted octanol–water partition coefficient (Wildman–Crippen LogP) is 4.00. The summed E-state index contributed by atoms with van der Waals surface area (Å²) in [6, 6.07) is 12.0. The van der Waals surface area contributed by atoms with Gasteiger partial charge in [0.2, 0.25) is 0 Å². The molecule has 0 spiro atoms. The summed E-state index contributed by atoms with van der Waals surface area (Å²) < 4.78 is 11.6. The van der Waals surface area contributed by atoms with E-state index in [1.54, 1.807) is 0 Å². The molecule has 2 aromatic rings. The third kappa shape index (κ3) is 3.98. The molecule has 3 rings (SSSR count). The Labute approximate surface area is 145 Å². The zero-order valence-corrected chi connectivity index (χ0v) is 14.0. The first-order valence-electron chi connectivity index (χ1n) is 8.02. The lowest BCUT2D eigenvalue weighted by molar-refractivity contribution is -0.189. The van der Waals surface area contributed by atoms with Crippen LogP contribution in [0.4, 0.5) is 4.79 Å². The molecule has 1 aliphatic rings. The molecule has 0 saturated carbocycles. The minimum Gasteiger partial charge on any atom is -0.465 e. The molecule has 5 nitrogen and oxygen atoms in total. The van der Waals surface area contributed by atoms with Gasteiger partial charge in [-0.25, -0.2) is 4.79 Å². The molecule has 0 aliphatic carbocycles. The van der Waals surface area contributed by atoms with Crippen LogP contribution in [-0.2, 0) is 9.47 Å². The summed E-state index contributed by atoms with van der Waals surface area (Å²) in [7, 11) is 0. The van der Waals surface area contributed by atoms with Gasteiger partial charge in [-0.15, -0.1) is 0 Å². The minimum absolute atomic E-state index is 0.167. The average molecular weight is 350 g/mol. The molecule has 1 aliphatic heterocycles. The topological polar surface area (TPSA) is 67.8 Å². The van der Waals surface area contributed by atoms with Crippen LogP contribution in [-0.4, -0.2) is 37.2 Å². The second-order valence-electron chi connectivity index (χ2n) is 5.85. The van der Waals surface area contributed by atoms with Crippen LogP contribution in [0.25, 0.3) is 10.8 Å². The van der Waals surface area contributed by atoms with Crippen molar-refractivity contribution in [3.05, 3.63) is 47.0 Å². The molecule has 1 saturated heterocycles. The molecule has 2 aromatic carbocycles. The first-order chi connectivity index (χ1) is 11.6. The Kier molecular flexibility index (Phi) is 5.56. The molecular weight excluding hydrogens is 330 g/mol. The van der Waals surface area contributed by atoms with Crippen molar-refractivity contribution >= 4 is 28.5 Å². The number of halogens is 1. The van der Waals surface area contributed by atoms with E-state index in [1.807, 2.05) is 30.3 Å². The molecule has 1 heterocycles. The summed E-state index contributed by atoms with van der Waals surface area (Å²) >= 11 is 6.27. The van der Waals surface area contributed by atoms with E-state index < -0.39 is 6.09 Å².